The van der Waals surface area contributed by atoms with Crippen molar-refractivity contribution in [2.75, 3.05) is 63.2 Å². The lowest BCUT2D eigenvalue weighted by atomic mass is 9.74. The molecular formula is C23H30ClN5OS. The number of nitrogens with one attached hydrogen (secondary N) is 2. The number of pyridine rings is 1. The van der Waals surface area contributed by atoms with Crippen molar-refractivity contribution in [2.45, 2.75) is 18.3 Å². The molecule has 166 valence electrons. The monoisotopic (exact) mass is 459 g/mol. The predicted octanol–water partition coefficient (Wildman–Crippen LogP) is 3.52. The second-order valence-corrected chi connectivity index (χ2v) is 9.25. The van der Waals surface area contributed by atoms with Gasteiger partial charge in [0, 0.05) is 56.4 Å². The average molecular weight is 460 g/mol. The molecule has 2 saturated heterocycles. The Morgan fingerprint density at radius 3 is 2.61 bits per heavy atom. The van der Waals surface area contributed by atoms with E-state index >= 15 is 0 Å². The zero-order valence-corrected chi connectivity index (χ0v) is 19.5. The van der Waals surface area contributed by atoms with Crippen LogP contribution in [0.3, 0.4) is 0 Å². The third kappa shape index (κ3) is 5.66. The van der Waals surface area contributed by atoms with Gasteiger partial charge in [0.2, 0.25) is 0 Å². The second-order valence-electron chi connectivity index (χ2n) is 8.41. The van der Waals surface area contributed by atoms with Crippen LogP contribution in [0.5, 0.6) is 0 Å². The number of piperazine rings is 1. The lowest BCUT2D eigenvalue weighted by molar-refractivity contribution is 0.0515. The summed E-state index contributed by atoms with van der Waals surface area (Å²) in [5.41, 5.74) is 2.08. The Balaban J connectivity index is 1.35. The van der Waals surface area contributed by atoms with E-state index in [9.17, 15) is 0 Å². The van der Waals surface area contributed by atoms with Crippen LogP contribution in [0, 0.1) is 0 Å². The molecule has 0 atom stereocenters. The number of ether oxygens (including phenoxy) is 1. The Morgan fingerprint density at radius 1 is 1.16 bits per heavy atom. The van der Waals surface area contributed by atoms with Gasteiger partial charge in [0.15, 0.2) is 5.11 Å². The smallest absolute Gasteiger partial charge is 0.170 e. The molecule has 8 heteroatoms. The molecular weight excluding hydrogens is 430 g/mol. The first-order valence-corrected chi connectivity index (χ1v) is 11.6. The highest BCUT2D eigenvalue weighted by Crippen LogP contribution is 2.35. The van der Waals surface area contributed by atoms with Crippen LogP contribution in [0.4, 0.5) is 11.5 Å². The fourth-order valence-corrected chi connectivity index (χ4v) is 4.64. The Labute approximate surface area is 194 Å². The number of thiocarbonyl (C=S) groups is 1. The van der Waals surface area contributed by atoms with Crippen LogP contribution >= 0.6 is 23.8 Å². The highest BCUT2D eigenvalue weighted by atomic mass is 35.5. The normalized spacial score (nSPS) is 19.1. The SMILES string of the molecule is CN1CCN(c2ccc(NC(=S)NCC3(c4cccc(Cl)c4)CCOCC3)cn2)CC1. The highest BCUT2D eigenvalue weighted by Gasteiger charge is 2.34. The number of rotatable bonds is 5. The zero-order chi connectivity index (χ0) is 21.7. The van der Waals surface area contributed by atoms with E-state index in [0.29, 0.717) is 5.11 Å². The van der Waals surface area contributed by atoms with Crippen LogP contribution in [-0.2, 0) is 10.2 Å². The van der Waals surface area contributed by atoms with Gasteiger partial charge in [0.05, 0.1) is 11.9 Å². The molecule has 6 nitrogen and oxygen atoms in total. The molecule has 2 aromatic rings. The number of anilines is 2. The van der Waals surface area contributed by atoms with Crippen molar-refractivity contribution >= 4 is 40.4 Å². The molecule has 2 aliphatic rings. The average Bonchev–Trinajstić information content (AvgIpc) is 2.79. The lowest BCUT2D eigenvalue weighted by Crippen LogP contribution is -2.45. The highest BCUT2D eigenvalue weighted by molar-refractivity contribution is 7.80. The summed E-state index contributed by atoms with van der Waals surface area (Å²) in [6.45, 7) is 6.36. The topological polar surface area (TPSA) is 52.7 Å². The summed E-state index contributed by atoms with van der Waals surface area (Å²) in [6.07, 6.45) is 3.72. The van der Waals surface area contributed by atoms with E-state index in [0.717, 1.165) is 75.3 Å². The molecule has 0 spiro atoms. The predicted molar refractivity (Wildman–Crippen MR) is 131 cm³/mol. The fourth-order valence-electron chi connectivity index (χ4n) is 4.26. The molecule has 0 unspecified atom stereocenters. The van der Waals surface area contributed by atoms with Gasteiger partial charge in [-0.1, -0.05) is 23.7 Å². The van der Waals surface area contributed by atoms with E-state index in [1.807, 2.05) is 24.4 Å². The van der Waals surface area contributed by atoms with Crippen LogP contribution in [0.15, 0.2) is 42.6 Å². The van der Waals surface area contributed by atoms with Gasteiger partial charge in [0.25, 0.3) is 0 Å². The molecule has 0 radical (unpaired) electrons. The summed E-state index contributed by atoms with van der Waals surface area (Å²) < 4.78 is 5.62. The zero-order valence-electron chi connectivity index (χ0n) is 17.9. The third-order valence-corrected chi connectivity index (χ3v) is 6.79. The number of likely N-dealkylation sites (N-methyl/N-ethyl adjacent to an activating group) is 1. The van der Waals surface area contributed by atoms with E-state index in [1.165, 1.54) is 5.56 Å². The van der Waals surface area contributed by atoms with Crippen molar-refractivity contribution in [1.82, 2.24) is 15.2 Å². The lowest BCUT2D eigenvalue weighted by Gasteiger charge is -2.38. The molecule has 0 saturated carbocycles. The van der Waals surface area contributed by atoms with Gasteiger partial charge in [-0.2, -0.15) is 0 Å². The van der Waals surface area contributed by atoms with E-state index in [-0.39, 0.29) is 5.41 Å². The van der Waals surface area contributed by atoms with Crippen molar-refractivity contribution in [3.8, 4) is 0 Å². The number of nitrogens with zero attached hydrogens (tertiary/aromatic N) is 3. The Hall–Kier alpha value is -1.93. The van der Waals surface area contributed by atoms with E-state index < -0.39 is 0 Å². The first-order chi connectivity index (χ1) is 15.0. The quantitative estimate of drug-likeness (QED) is 0.663. The fraction of sp³-hybridized carbons (Fsp3) is 0.478. The molecule has 31 heavy (non-hydrogen) atoms. The minimum Gasteiger partial charge on any atom is -0.381 e. The molecule has 1 aromatic carbocycles. The second kappa shape index (κ2) is 10.1. The molecule has 0 aliphatic carbocycles. The summed E-state index contributed by atoms with van der Waals surface area (Å²) in [6, 6.07) is 12.2. The molecule has 1 aromatic heterocycles. The van der Waals surface area contributed by atoms with Crippen LogP contribution in [0.1, 0.15) is 18.4 Å². The maximum absolute atomic E-state index is 6.27. The molecule has 4 rings (SSSR count). The molecule has 3 heterocycles. The largest absolute Gasteiger partial charge is 0.381 e. The van der Waals surface area contributed by atoms with Gasteiger partial charge in [-0.05, 0) is 61.9 Å². The van der Waals surface area contributed by atoms with Crippen LogP contribution in [0.2, 0.25) is 5.02 Å². The number of aromatic nitrogens is 1. The Bertz CT molecular complexity index is 880. The number of hydrogen-bond donors (Lipinski definition) is 2. The van der Waals surface area contributed by atoms with Gasteiger partial charge in [-0.25, -0.2) is 4.98 Å². The maximum atomic E-state index is 6.27. The van der Waals surface area contributed by atoms with Gasteiger partial charge >= 0.3 is 0 Å². The van der Waals surface area contributed by atoms with E-state index in [4.69, 9.17) is 28.6 Å². The van der Waals surface area contributed by atoms with Crippen LogP contribution in [0.25, 0.3) is 0 Å². The number of halogens is 1. The maximum Gasteiger partial charge on any atom is 0.170 e. The van der Waals surface area contributed by atoms with Crippen molar-refractivity contribution < 1.29 is 4.74 Å². The molecule has 2 N–H and O–H groups in total. The van der Waals surface area contributed by atoms with Crippen molar-refractivity contribution in [2.24, 2.45) is 0 Å². The van der Waals surface area contributed by atoms with Gasteiger partial charge < -0.3 is 25.2 Å². The van der Waals surface area contributed by atoms with E-state index in [2.05, 4.69) is 50.7 Å². The van der Waals surface area contributed by atoms with Gasteiger partial charge in [0.1, 0.15) is 5.82 Å². The van der Waals surface area contributed by atoms with Crippen LogP contribution < -0.4 is 15.5 Å². The first kappa shape index (κ1) is 22.3. The minimum atomic E-state index is -0.0432. The van der Waals surface area contributed by atoms with Crippen molar-refractivity contribution in [1.29, 1.82) is 0 Å². The first-order valence-electron chi connectivity index (χ1n) is 10.8. The minimum absolute atomic E-state index is 0.0432. The van der Waals surface area contributed by atoms with Crippen LogP contribution in [-0.4, -0.2) is 68.0 Å². The summed E-state index contributed by atoms with van der Waals surface area (Å²) in [5, 5.41) is 8.05. The summed E-state index contributed by atoms with van der Waals surface area (Å²) in [7, 11) is 2.16. The molecule has 2 fully saturated rings. The summed E-state index contributed by atoms with van der Waals surface area (Å²) in [4.78, 5) is 9.29. The summed E-state index contributed by atoms with van der Waals surface area (Å²) >= 11 is 11.8. The molecule has 0 amide bonds. The van der Waals surface area contributed by atoms with Gasteiger partial charge in [-0.3, -0.25) is 0 Å². The standard InChI is InChI=1S/C23H30ClN5OS/c1-28-9-11-29(12-10-28)21-6-5-20(16-25-21)27-22(31)26-17-23(7-13-30-14-8-23)18-3-2-4-19(24)15-18/h2-6,15-16H,7-14,17H2,1H3,(H2,26,27,31). The summed E-state index contributed by atoms with van der Waals surface area (Å²) in [5.74, 6) is 1.01. The Kier molecular flexibility index (Phi) is 7.27. The molecule has 0 bridgehead atoms. The Morgan fingerprint density at radius 2 is 1.94 bits per heavy atom. The number of hydrogen-bond acceptors (Lipinski definition) is 5. The molecule has 2 aliphatic heterocycles. The number of benzene rings is 1. The van der Waals surface area contributed by atoms with Crippen molar-refractivity contribution in [3.05, 3.63) is 53.2 Å². The van der Waals surface area contributed by atoms with Gasteiger partial charge in [-0.15, -0.1) is 0 Å². The third-order valence-electron chi connectivity index (χ3n) is 6.31. The van der Waals surface area contributed by atoms with Crippen molar-refractivity contribution in [3.63, 3.8) is 0 Å². The van der Waals surface area contributed by atoms with E-state index in [1.54, 1.807) is 0 Å².